The molecular weight excluding hydrogens is 1420 g/mol. The molecule has 23 radical (unpaired) electrons. The third-order valence-electron chi connectivity index (χ3n) is 19.7. The first kappa shape index (κ1) is 85.1. The molecule has 6 aliphatic rings. The van der Waals surface area contributed by atoms with E-state index >= 15 is 0 Å². The largest absolute Gasteiger partial charge is 1.00 e. The number of fused-ring (bicyclic) bond motifs is 9. The van der Waals surface area contributed by atoms with Gasteiger partial charge < -0.3 is 25.9 Å². The van der Waals surface area contributed by atoms with Crippen molar-refractivity contribution in [3.05, 3.63) is 176 Å². The van der Waals surface area contributed by atoms with Crippen LogP contribution in [0.3, 0.4) is 0 Å². The Kier molecular flexibility index (Phi) is 28.6. The molecule has 3 fully saturated rings. The normalized spacial score (nSPS) is 22.9. The van der Waals surface area contributed by atoms with Crippen LogP contribution < -0.4 is 43.8 Å². The van der Waals surface area contributed by atoms with Crippen LogP contribution in [0.15, 0.2) is 124 Å². The van der Waals surface area contributed by atoms with E-state index in [1.807, 2.05) is 0 Å². The second-order valence-corrected chi connectivity index (χ2v) is 33.4. The van der Waals surface area contributed by atoms with Gasteiger partial charge >= 0.3 is 29.6 Å². The zero-order valence-corrected chi connectivity index (χ0v) is 61.1. The second kappa shape index (κ2) is 34.0. The summed E-state index contributed by atoms with van der Waals surface area (Å²) < 4.78 is 181. The van der Waals surface area contributed by atoms with E-state index < -0.39 is 165 Å². The van der Waals surface area contributed by atoms with E-state index in [0.29, 0.717) is 15.1 Å². The van der Waals surface area contributed by atoms with Gasteiger partial charge in [-0.15, -0.1) is 0 Å². The summed E-state index contributed by atoms with van der Waals surface area (Å²) in [5.74, 6) is -8.39. The Hall–Kier alpha value is -3.16. The summed E-state index contributed by atoms with van der Waals surface area (Å²) in [5.41, 5.74) is -0.873. The Labute approximate surface area is 642 Å². The monoisotopic (exact) mass is 1470 g/mol. The Balaban J connectivity index is 0.000000214. The van der Waals surface area contributed by atoms with Crippen molar-refractivity contribution in [3.63, 3.8) is 0 Å². The van der Waals surface area contributed by atoms with E-state index in [2.05, 4.69) is 0 Å². The molecule has 489 valence electrons. The summed E-state index contributed by atoms with van der Waals surface area (Å²) in [6, 6.07) is 22.3. The van der Waals surface area contributed by atoms with E-state index in [1.54, 1.807) is 0 Å². The van der Waals surface area contributed by atoms with Gasteiger partial charge in [-0.3, -0.25) is 4.79 Å². The van der Waals surface area contributed by atoms with Gasteiger partial charge in [0, 0.05) is 183 Å². The van der Waals surface area contributed by atoms with Crippen LogP contribution >= 0.6 is 34.8 Å². The van der Waals surface area contributed by atoms with Crippen molar-refractivity contribution in [2.24, 2.45) is 17.8 Å². The first-order chi connectivity index (χ1) is 46.4. The van der Waals surface area contributed by atoms with Crippen LogP contribution in [-0.2, 0) is 48.5 Å². The molecule has 101 heavy (non-hydrogen) atoms. The van der Waals surface area contributed by atoms with Crippen molar-refractivity contribution in [1.29, 1.82) is 0 Å². The van der Waals surface area contributed by atoms with E-state index in [-0.39, 0.29) is 166 Å². The topological polar surface area (TPSA) is 188 Å². The molecule has 8 atom stereocenters. The number of carbonyl (C=O) groups excluding carboxylic acids is 1. The summed E-state index contributed by atoms with van der Waals surface area (Å²) in [4.78, 5) is 11.9. The molecule has 0 amide bonds. The third kappa shape index (κ3) is 16.2. The third-order valence-corrected chi connectivity index (χ3v) is 28.2. The zero-order valence-electron chi connectivity index (χ0n) is 55.3. The summed E-state index contributed by atoms with van der Waals surface area (Å²) >= 11 is 17.6. The first-order valence-electron chi connectivity index (χ1n) is 31.2. The number of benzene rings is 6. The van der Waals surface area contributed by atoms with Gasteiger partial charge in [-0.2, -0.15) is 0 Å². The maximum absolute atomic E-state index is 14.9. The van der Waals surface area contributed by atoms with E-state index in [9.17, 15) is 66.6 Å². The molecule has 3 aliphatic heterocycles. The van der Waals surface area contributed by atoms with Crippen LogP contribution in [0.4, 0.5) is 26.3 Å². The number of Topliss-reactive ketones (excluding diaryl/α,β-unsaturated/α-hetero) is 1. The number of ketones is 1. The molecule has 0 bridgehead atoms. The molecule has 0 saturated heterocycles. The number of hydrogen-bond donors (Lipinski definition) is 2. The first-order valence-corrected chi connectivity index (χ1v) is 36.8. The fourth-order valence-electron chi connectivity index (χ4n) is 15.1. The quantitative estimate of drug-likeness (QED) is 0.126. The Morgan fingerprint density at radius 2 is 0.673 bits per heavy atom. The molecule has 3 heterocycles. The fraction of sp³-hybridized carbons (Fsp3) is 0.351. The molecule has 12 rings (SSSR count). The number of halogens is 9. The fourth-order valence-corrected chi connectivity index (χ4v) is 22.5. The van der Waals surface area contributed by atoms with Gasteiger partial charge in [0.25, 0.3) is 0 Å². The molecule has 2 N–H and O–H groups in total. The van der Waals surface area contributed by atoms with Crippen molar-refractivity contribution in [2.45, 2.75) is 98.9 Å². The van der Waals surface area contributed by atoms with Crippen molar-refractivity contribution >= 4 is 207 Å². The van der Waals surface area contributed by atoms with Crippen molar-refractivity contribution in [1.82, 2.24) is 0 Å². The van der Waals surface area contributed by atoms with Crippen LogP contribution in [0.5, 0.6) is 17.2 Å². The van der Waals surface area contributed by atoms with Gasteiger partial charge in [-0.05, 0) is 154 Å². The SMILES string of the molecule is O=C1CC[C@@]2(S(=O)(=O)c3ccc(Cl)cc3)c3c(F)ccc(F)c3OC[C@H]2C1.O=S(=O)(c1ccc(Cl)cc1)[C@@]12CC[C@@H](O)C[C@@H]1COc1c(F)ccc(F)c12.O=S(=O)(c1ccc(Cl)cc1)[C@@]12CC[C@H](O)C[C@@H]1COc1c(F)ccc(F)c12.[B].[B]B([B])B(B([B])[B])B(B([B])[B])B(B([B])[B])B([B])[B].[H-].[Na+]. The molecule has 6 aromatic rings. The van der Waals surface area contributed by atoms with Crippen molar-refractivity contribution in [3.8, 4) is 17.2 Å². The molecule has 3 saturated carbocycles. The number of sulfone groups is 3. The number of rotatable bonds is 13. The Morgan fingerprint density at radius 1 is 0.416 bits per heavy atom. The number of aliphatic hydroxyl groups is 2. The minimum absolute atomic E-state index is 0. The van der Waals surface area contributed by atoms with E-state index in [0.717, 1.165) is 36.4 Å². The number of hydrogen-bond acceptors (Lipinski definition) is 12. The summed E-state index contributed by atoms with van der Waals surface area (Å²) in [5, 5.41) is 21.2. The van der Waals surface area contributed by atoms with Crippen LogP contribution in [0.1, 0.15) is 75.9 Å². The maximum Gasteiger partial charge on any atom is 1.00 e. The minimum atomic E-state index is -4.17. The zero-order chi connectivity index (χ0) is 72.8. The average Bonchev–Trinajstić information content (AvgIpc) is 0.715. The summed E-state index contributed by atoms with van der Waals surface area (Å²) in [7, 11) is 44.3. The molecular formula is C57H50B19Cl3F6NaO12S3. The predicted octanol–water partition coefficient (Wildman–Crippen LogP) is 1.61. The molecule has 6 aromatic carbocycles. The Morgan fingerprint density at radius 3 is 0.950 bits per heavy atom. The average molecular weight is 1470 g/mol. The van der Waals surface area contributed by atoms with Crippen molar-refractivity contribution in [2.75, 3.05) is 19.8 Å². The van der Waals surface area contributed by atoms with Crippen LogP contribution in [0, 0.1) is 52.7 Å². The number of carbonyl (C=O) groups is 1. The van der Waals surface area contributed by atoms with Gasteiger partial charge in [-0.25, -0.2) is 51.6 Å². The van der Waals surface area contributed by atoms with E-state index in [4.69, 9.17) is 126 Å². The van der Waals surface area contributed by atoms with Gasteiger partial charge in [0.2, 0.25) is 0 Å². The van der Waals surface area contributed by atoms with Crippen LogP contribution in [0.2, 0.25) is 15.1 Å². The molecule has 44 heteroatoms. The number of ether oxygens (including phenoxy) is 3. The standard InChI is InChI=1S/2C19H17ClF2O4S.C19H15ClF2O4S.B18.B.Na.H/c3*20-12-1-3-14(4-2-12)27(24,25)19-8-7-13(23)9-11(19)10-26-18-16(22)6-5-15(21)17(18)19;1-11(2)16(12(3)4)18(15(9)10)17(13(5)6)14(7)8;;;/h2*1-6,11,13,23H,7-10H2;1-6,11H,7-10H2;;;;/q;;;;;+1;-1/t11-,13+,19+;11-,13-,19+;11-,19+;;;;/m111..../s1. The summed E-state index contributed by atoms with van der Waals surface area (Å²) in [6.07, 6.45) is -7.17. The molecule has 3 aliphatic carbocycles. The summed E-state index contributed by atoms with van der Waals surface area (Å²) in [6.45, 7) is -0.402. The Bertz CT molecular complexity index is 4140. The van der Waals surface area contributed by atoms with Gasteiger partial charge in [0.1, 0.15) is 37.5 Å². The smallest absolute Gasteiger partial charge is 1.00 e. The molecule has 0 unspecified atom stereocenters. The minimum Gasteiger partial charge on any atom is -1.00 e. The molecule has 0 spiro atoms. The maximum atomic E-state index is 14.9. The van der Waals surface area contributed by atoms with Gasteiger partial charge in [0.15, 0.2) is 64.2 Å². The molecule has 12 nitrogen and oxygen atoms in total. The van der Waals surface area contributed by atoms with Gasteiger partial charge in [-0.1, -0.05) is 34.8 Å². The van der Waals surface area contributed by atoms with Crippen molar-refractivity contribution < 1.29 is 112 Å². The van der Waals surface area contributed by atoms with E-state index in [1.165, 1.54) is 72.8 Å². The van der Waals surface area contributed by atoms with Crippen LogP contribution in [-0.4, -0.2) is 210 Å². The van der Waals surface area contributed by atoms with Gasteiger partial charge in [0.05, 0.1) is 63.4 Å². The predicted molar refractivity (Wildman–Crippen MR) is 396 cm³/mol. The number of aliphatic hydroxyl groups excluding tert-OH is 2. The second-order valence-electron chi connectivity index (χ2n) is 25.5. The molecule has 0 aromatic heterocycles. The van der Waals surface area contributed by atoms with Crippen LogP contribution in [0.25, 0.3) is 0 Å².